The van der Waals surface area contributed by atoms with E-state index >= 15 is 0 Å². The molecule has 1 aliphatic carbocycles. The molecule has 0 amide bonds. The Morgan fingerprint density at radius 1 is 1.25 bits per heavy atom. The van der Waals surface area contributed by atoms with Crippen molar-refractivity contribution in [1.29, 1.82) is 0 Å². The van der Waals surface area contributed by atoms with Gasteiger partial charge in [-0.2, -0.15) is 0 Å². The van der Waals surface area contributed by atoms with Gasteiger partial charge in [-0.1, -0.05) is 13.8 Å². The monoisotopic (exact) mass is 303 g/mol. The van der Waals surface area contributed by atoms with Crippen LogP contribution in [0.2, 0.25) is 0 Å². The molecule has 1 fully saturated rings. The maximum Gasteiger partial charge on any atom is 0.181 e. The molecule has 3 unspecified atom stereocenters. The van der Waals surface area contributed by atoms with Crippen molar-refractivity contribution < 1.29 is 17.2 Å². The SMILES string of the molecule is CCNC1CCC(S(=O)(=O)c2ccc(F)c(F)c2)C1C. The highest BCUT2D eigenvalue weighted by Crippen LogP contribution is 2.35. The van der Waals surface area contributed by atoms with Crippen LogP contribution in [-0.4, -0.2) is 26.3 Å². The van der Waals surface area contributed by atoms with Crippen molar-refractivity contribution in [2.24, 2.45) is 5.92 Å². The first-order chi connectivity index (χ1) is 9.37. The largest absolute Gasteiger partial charge is 0.314 e. The Labute approximate surface area is 118 Å². The Kier molecular flexibility index (Phi) is 4.44. The summed E-state index contributed by atoms with van der Waals surface area (Å²) in [7, 11) is -3.63. The van der Waals surface area contributed by atoms with E-state index in [0.717, 1.165) is 31.2 Å². The summed E-state index contributed by atoms with van der Waals surface area (Å²) >= 11 is 0. The molecule has 112 valence electrons. The maximum absolute atomic E-state index is 13.2. The quantitative estimate of drug-likeness (QED) is 0.869. The Hall–Kier alpha value is -1.01. The molecular weight excluding hydrogens is 284 g/mol. The lowest BCUT2D eigenvalue weighted by Crippen LogP contribution is -2.36. The van der Waals surface area contributed by atoms with Crippen LogP contribution in [0.5, 0.6) is 0 Å². The molecule has 0 spiro atoms. The van der Waals surface area contributed by atoms with E-state index in [9.17, 15) is 17.2 Å². The van der Waals surface area contributed by atoms with E-state index in [4.69, 9.17) is 0 Å². The Morgan fingerprint density at radius 2 is 1.95 bits per heavy atom. The first kappa shape index (κ1) is 15.4. The Balaban J connectivity index is 2.29. The fraction of sp³-hybridized carbons (Fsp3) is 0.571. The fourth-order valence-electron chi connectivity index (χ4n) is 2.95. The van der Waals surface area contributed by atoms with Gasteiger partial charge in [-0.15, -0.1) is 0 Å². The summed E-state index contributed by atoms with van der Waals surface area (Å²) in [5.41, 5.74) is 0. The average molecular weight is 303 g/mol. The van der Waals surface area contributed by atoms with Gasteiger partial charge in [0.1, 0.15) is 0 Å². The van der Waals surface area contributed by atoms with Crippen LogP contribution in [-0.2, 0) is 9.84 Å². The zero-order chi connectivity index (χ0) is 14.9. The number of halogens is 2. The van der Waals surface area contributed by atoms with Crippen molar-refractivity contribution >= 4 is 9.84 Å². The fourth-order valence-corrected chi connectivity index (χ4v) is 5.02. The summed E-state index contributed by atoms with van der Waals surface area (Å²) in [5.74, 6) is -2.21. The van der Waals surface area contributed by atoms with Gasteiger partial charge < -0.3 is 5.32 Å². The summed E-state index contributed by atoms with van der Waals surface area (Å²) in [4.78, 5) is -0.134. The van der Waals surface area contributed by atoms with E-state index in [1.165, 1.54) is 0 Å². The summed E-state index contributed by atoms with van der Waals surface area (Å²) in [6.45, 7) is 4.65. The molecule has 0 radical (unpaired) electrons. The van der Waals surface area contributed by atoms with Gasteiger partial charge in [0.25, 0.3) is 0 Å². The summed E-state index contributed by atoms with van der Waals surface area (Å²) in [6.07, 6.45) is 1.32. The van der Waals surface area contributed by atoms with Crippen LogP contribution in [0.25, 0.3) is 0 Å². The average Bonchev–Trinajstić information content (AvgIpc) is 2.75. The standard InChI is InChI=1S/C14H19F2NO2S/c1-3-17-13-6-7-14(9(13)2)20(18,19)10-4-5-11(15)12(16)8-10/h4-5,8-9,13-14,17H,3,6-7H2,1-2H3. The molecule has 3 atom stereocenters. The van der Waals surface area contributed by atoms with Gasteiger partial charge in [0.05, 0.1) is 10.1 Å². The summed E-state index contributed by atoms with van der Waals surface area (Å²) < 4.78 is 51.2. The smallest absolute Gasteiger partial charge is 0.181 e. The minimum Gasteiger partial charge on any atom is -0.314 e. The second-order valence-electron chi connectivity index (χ2n) is 5.26. The molecule has 0 aliphatic heterocycles. The van der Waals surface area contributed by atoms with Crippen molar-refractivity contribution in [3.63, 3.8) is 0 Å². The van der Waals surface area contributed by atoms with E-state index < -0.39 is 26.7 Å². The predicted molar refractivity (Wildman–Crippen MR) is 73.2 cm³/mol. The van der Waals surface area contributed by atoms with Gasteiger partial charge in [-0.3, -0.25) is 0 Å². The van der Waals surface area contributed by atoms with Crippen molar-refractivity contribution in [2.75, 3.05) is 6.54 Å². The molecule has 0 bridgehead atoms. The van der Waals surface area contributed by atoms with Gasteiger partial charge >= 0.3 is 0 Å². The molecule has 1 aromatic carbocycles. The minimum absolute atomic E-state index is 0.0481. The first-order valence-electron chi connectivity index (χ1n) is 6.80. The minimum atomic E-state index is -3.63. The van der Waals surface area contributed by atoms with Crippen molar-refractivity contribution in [3.05, 3.63) is 29.8 Å². The zero-order valence-corrected chi connectivity index (χ0v) is 12.4. The van der Waals surface area contributed by atoms with Crippen LogP contribution in [0.15, 0.2) is 23.1 Å². The van der Waals surface area contributed by atoms with E-state index in [1.807, 2.05) is 13.8 Å². The van der Waals surface area contributed by atoms with Gasteiger partial charge in [-0.25, -0.2) is 17.2 Å². The number of benzene rings is 1. The lowest BCUT2D eigenvalue weighted by Gasteiger charge is -2.21. The molecule has 1 saturated carbocycles. The molecule has 0 heterocycles. The topological polar surface area (TPSA) is 46.2 Å². The third kappa shape index (κ3) is 2.72. The van der Waals surface area contributed by atoms with Crippen molar-refractivity contribution in [1.82, 2.24) is 5.32 Å². The van der Waals surface area contributed by atoms with Gasteiger partial charge in [0.15, 0.2) is 21.5 Å². The first-order valence-corrected chi connectivity index (χ1v) is 8.35. The third-order valence-electron chi connectivity index (χ3n) is 4.07. The van der Waals surface area contributed by atoms with E-state index in [-0.39, 0.29) is 16.9 Å². The molecule has 0 aromatic heterocycles. The lowest BCUT2D eigenvalue weighted by atomic mass is 10.1. The lowest BCUT2D eigenvalue weighted by molar-refractivity contribution is 0.433. The molecule has 0 saturated heterocycles. The van der Waals surface area contributed by atoms with Crippen LogP contribution in [0.1, 0.15) is 26.7 Å². The van der Waals surface area contributed by atoms with Gasteiger partial charge in [-0.05, 0) is 43.5 Å². The highest BCUT2D eigenvalue weighted by molar-refractivity contribution is 7.92. The second kappa shape index (κ2) is 5.77. The highest BCUT2D eigenvalue weighted by atomic mass is 32.2. The zero-order valence-electron chi connectivity index (χ0n) is 11.6. The molecular formula is C14H19F2NO2S. The van der Waals surface area contributed by atoms with Crippen molar-refractivity contribution in [2.45, 2.75) is 42.9 Å². The van der Waals surface area contributed by atoms with E-state index in [2.05, 4.69) is 5.32 Å². The maximum atomic E-state index is 13.2. The third-order valence-corrected chi connectivity index (χ3v) is 6.44. The van der Waals surface area contributed by atoms with E-state index in [0.29, 0.717) is 6.42 Å². The number of hydrogen-bond donors (Lipinski definition) is 1. The molecule has 3 nitrogen and oxygen atoms in total. The second-order valence-corrected chi connectivity index (χ2v) is 7.43. The van der Waals surface area contributed by atoms with E-state index in [1.54, 1.807) is 0 Å². The molecule has 2 rings (SSSR count). The molecule has 1 aliphatic rings. The Morgan fingerprint density at radius 3 is 2.55 bits per heavy atom. The Bertz CT molecular complexity index is 589. The predicted octanol–water partition coefficient (Wildman–Crippen LogP) is 2.52. The van der Waals surface area contributed by atoms with Crippen LogP contribution in [0.3, 0.4) is 0 Å². The van der Waals surface area contributed by atoms with Gasteiger partial charge in [0, 0.05) is 6.04 Å². The van der Waals surface area contributed by atoms with Crippen LogP contribution in [0.4, 0.5) is 8.78 Å². The van der Waals surface area contributed by atoms with Gasteiger partial charge in [0.2, 0.25) is 0 Å². The number of rotatable bonds is 4. The normalized spacial score (nSPS) is 26.9. The molecule has 20 heavy (non-hydrogen) atoms. The van der Waals surface area contributed by atoms with Crippen LogP contribution in [0, 0.1) is 17.6 Å². The number of sulfone groups is 1. The van der Waals surface area contributed by atoms with Crippen LogP contribution >= 0.6 is 0 Å². The van der Waals surface area contributed by atoms with Crippen LogP contribution < -0.4 is 5.32 Å². The highest BCUT2D eigenvalue weighted by Gasteiger charge is 2.41. The molecule has 1 N–H and O–H groups in total. The number of hydrogen-bond acceptors (Lipinski definition) is 3. The molecule has 6 heteroatoms. The number of nitrogens with one attached hydrogen (secondary N) is 1. The molecule has 1 aromatic rings. The van der Waals surface area contributed by atoms with Crippen molar-refractivity contribution in [3.8, 4) is 0 Å². The summed E-state index contributed by atoms with van der Waals surface area (Å²) in [5, 5.41) is 2.72. The summed E-state index contributed by atoms with van der Waals surface area (Å²) in [6, 6.07) is 2.94.